The SMILES string of the molecule is CCC(NC(=O)OC(C)[N+](C)(C)C)[Si](OC)(OC)OC. The van der Waals surface area contributed by atoms with Crippen LogP contribution in [0.4, 0.5) is 4.79 Å². The van der Waals surface area contributed by atoms with Crippen molar-refractivity contribution in [3.05, 3.63) is 0 Å². The Morgan fingerprint density at radius 2 is 1.60 bits per heavy atom. The predicted molar refractivity (Wildman–Crippen MR) is 78.0 cm³/mol. The summed E-state index contributed by atoms with van der Waals surface area (Å²) in [6.07, 6.45) is -0.146. The number of hydrogen-bond acceptors (Lipinski definition) is 5. The quantitative estimate of drug-likeness (QED) is 0.411. The van der Waals surface area contributed by atoms with E-state index in [1.807, 2.05) is 35.0 Å². The van der Waals surface area contributed by atoms with Crippen molar-refractivity contribution in [1.29, 1.82) is 0 Å². The average molecular weight is 309 g/mol. The smallest absolute Gasteiger partial charge is 0.397 e. The maximum Gasteiger partial charge on any atom is 0.523 e. The number of nitrogens with one attached hydrogen (secondary N) is 1. The summed E-state index contributed by atoms with van der Waals surface area (Å²) in [6.45, 7) is 3.77. The number of carbonyl (C=O) groups is 1. The summed E-state index contributed by atoms with van der Waals surface area (Å²) in [6, 6.07) is 0. The Morgan fingerprint density at radius 3 is 1.90 bits per heavy atom. The van der Waals surface area contributed by atoms with Gasteiger partial charge in [0, 0.05) is 28.3 Å². The molecule has 7 nitrogen and oxygen atoms in total. The number of amides is 1. The highest BCUT2D eigenvalue weighted by atomic mass is 28.4. The molecule has 120 valence electrons. The molecule has 0 bridgehead atoms. The van der Waals surface area contributed by atoms with Gasteiger partial charge in [0.2, 0.25) is 6.23 Å². The highest BCUT2D eigenvalue weighted by Gasteiger charge is 2.48. The van der Waals surface area contributed by atoms with Gasteiger partial charge in [-0.05, 0) is 6.42 Å². The fourth-order valence-electron chi connectivity index (χ4n) is 1.61. The Hall–Kier alpha value is -0.673. The topological polar surface area (TPSA) is 66.0 Å². The van der Waals surface area contributed by atoms with Crippen LogP contribution in [0, 0.1) is 0 Å². The summed E-state index contributed by atoms with van der Waals surface area (Å²) in [5, 5.41) is 2.78. The molecule has 20 heavy (non-hydrogen) atoms. The van der Waals surface area contributed by atoms with Gasteiger partial charge in [0.05, 0.1) is 21.1 Å². The third kappa shape index (κ3) is 5.02. The minimum atomic E-state index is -2.92. The second-order valence-corrected chi connectivity index (χ2v) is 8.57. The third-order valence-electron chi connectivity index (χ3n) is 3.35. The number of nitrogens with zero attached hydrogens (tertiary/aromatic N) is 1. The van der Waals surface area contributed by atoms with Crippen LogP contribution in [0.15, 0.2) is 0 Å². The van der Waals surface area contributed by atoms with E-state index in [0.717, 1.165) is 0 Å². The molecule has 0 aliphatic carbocycles. The normalized spacial score (nSPS) is 15.6. The van der Waals surface area contributed by atoms with Crippen LogP contribution in [0.2, 0.25) is 0 Å². The Labute approximate surface area is 123 Å². The van der Waals surface area contributed by atoms with Gasteiger partial charge in [-0.3, -0.25) is 4.48 Å². The standard InChI is InChI=1S/C12H28N2O5Si/c1-9-11(20(16-6,17-7)18-8)13-12(15)19-10(2)14(3,4)5/h10-11H,9H2,1-8H3/p+1. The van der Waals surface area contributed by atoms with Crippen molar-refractivity contribution < 1.29 is 27.3 Å². The fraction of sp³-hybridized carbons (Fsp3) is 0.917. The van der Waals surface area contributed by atoms with Crippen LogP contribution in [0.3, 0.4) is 0 Å². The van der Waals surface area contributed by atoms with Gasteiger partial charge in [-0.2, -0.15) is 0 Å². The summed E-state index contributed by atoms with van der Waals surface area (Å²) in [5.74, 6) is 0. The second-order valence-electron chi connectivity index (χ2n) is 5.44. The van der Waals surface area contributed by atoms with Crippen molar-refractivity contribution in [2.45, 2.75) is 32.2 Å². The first-order valence-electron chi connectivity index (χ1n) is 6.60. The molecule has 8 heteroatoms. The number of carbonyl (C=O) groups excluding carboxylic acids is 1. The lowest BCUT2D eigenvalue weighted by Gasteiger charge is -2.34. The molecular formula is C12H29N2O5Si+. The second kappa shape index (κ2) is 7.94. The zero-order chi connectivity index (χ0) is 16.0. The zero-order valence-electron chi connectivity index (χ0n) is 13.9. The van der Waals surface area contributed by atoms with Crippen LogP contribution >= 0.6 is 0 Å². The molecule has 1 N–H and O–H groups in total. The summed E-state index contributed by atoms with van der Waals surface area (Å²) in [5.41, 5.74) is -0.352. The average Bonchev–Trinajstić information content (AvgIpc) is 2.38. The molecule has 0 aromatic rings. The monoisotopic (exact) mass is 309 g/mol. The van der Waals surface area contributed by atoms with E-state index < -0.39 is 14.9 Å². The zero-order valence-corrected chi connectivity index (χ0v) is 14.9. The Kier molecular flexibility index (Phi) is 7.67. The highest BCUT2D eigenvalue weighted by molar-refractivity contribution is 6.62. The van der Waals surface area contributed by atoms with E-state index in [1.54, 1.807) is 0 Å². The molecule has 0 radical (unpaired) electrons. The van der Waals surface area contributed by atoms with Gasteiger partial charge in [0.1, 0.15) is 5.67 Å². The molecule has 2 unspecified atom stereocenters. The van der Waals surface area contributed by atoms with E-state index in [9.17, 15) is 4.79 Å². The molecule has 0 rings (SSSR count). The number of ether oxygens (including phenoxy) is 1. The number of quaternary nitrogens is 1. The summed E-state index contributed by atoms with van der Waals surface area (Å²) in [7, 11) is 7.49. The van der Waals surface area contributed by atoms with Gasteiger partial charge in [-0.25, -0.2) is 4.79 Å². The molecular weight excluding hydrogens is 280 g/mol. The van der Waals surface area contributed by atoms with Gasteiger partial charge in [0.15, 0.2) is 0 Å². The summed E-state index contributed by atoms with van der Waals surface area (Å²) >= 11 is 0. The van der Waals surface area contributed by atoms with Crippen molar-refractivity contribution >= 4 is 14.9 Å². The molecule has 0 spiro atoms. The van der Waals surface area contributed by atoms with E-state index in [4.69, 9.17) is 18.0 Å². The van der Waals surface area contributed by atoms with Crippen LogP contribution in [0.25, 0.3) is 0 Å². The van der Waals surface area contributed by atoms with E-state index in [1.165, 1.54) is 21.3 Å². The number of rotatable bonds is 8. The molecule has 1 amide bonds. The molecule has 0 saturated carbocycles. The third-order valence-corrected chi connectivity index (χ3v) is 6.46. The van der Waals surface area contributed by atoms with Crippen LogP contribution in [0.1, 0.15) is 20.3 Å². The highest BCUT2D eigenvalue weighted by Crippen LogP contribution is 2.15. The van der Waals surface area contributed by atoms with Crippen LogP contribution in [-0.2, 0) is 18.0 Å². The first-order chi connectivity index (χ1) is 9.16. The Balaban J connectivity index is 4.76. The van der Waals surface area contributed by atoms with Gasteiger partial charge < -0.3 is 23.3 Å². The first-order valence-corrected chi connectivity index (χ1v) is 8.40. The molecule has 2 atom stereocenters. The maximum absolute atomic E-state index is 12.0. The van der Waals surface area contributed by atoms with Gasteiger partial charge in [-0.15, -0.1) is 0 Å². The Bertz CT molecular complexity index is 296. The first kappa shape index (κ1) is 19.3. The molecule has 0 aliphatic heterocycles. The van der Waals surface area contributed by atoms with Gasteiger partial charge in [0.25, 0.3) is 0 Å². The molecule has 0 aliphatic rings. The van der Waals surface area contributed by atoms with Crippen LogP contribution < -0.4 is 5.32 Å². The molecule has 0 heterocycles. The van der Waals surface area contributed by atoms with E-state index in [2.05, 4.69) is 5.32 Å². The lowest BCUT2D eigenvalue weighted by molar-refractivity contribution is -0.914. The fourth-order valence-corrected chi connectivity index (χ4v) is 3.75. The van der Waals surface area contributed by atoms with Crippen molar-refractivity contribution in [2.75, 3.05) is 42.5 Å². The minimum absolute atomic E-state index is 0.267. The maximum atomic E-state index is 12.0. The summed E-state index contributed by atoms with van der Waals surface area (Å²) in [4.78, 5) is 12.0. The minimum Gasteiger partial charge on any atom is -0.397 e. The van der Waals surface area contributed by atoms with E-state index in [0.29, 0.717) is 10.9 Å². The van der Waals surface area contributed by atoms with Gasteiger partial charge in [-0.1, -0.05) is 6.92 Å². The number of hydrogen-bond donors (Lipinski definition) is 1. The Morgan fingerprint density at radius 1 is 1.15 bits per heavy atom. The largest absolute Gasteiger partial charge is 0.523 e. The van der Waals surface area contributed by atoms with E-state index >= 15 is 0 Å². The van der Waals surface area contributed by atoms with Crippen molar-refractivity contribution in [2.24, 2.45) is 0 Å². The van der Waals surface area contributed by atoms with Crippen molar-refractivity contribution in [1.82, 2.24) is 5.32 Å². The molecule has 0 saturated heterocycles. The molecule has 0 aromatic heterocycles. The lowest BCUT2D eigenvalue weighted by Crippen LogP contribution is -2.62. The summed E-state index contributed by atoms with van der Waals surface area (Å²) < 4.78 is 22.0. The van der Waals surface area contributed by atoms with Crippen LogP contribution in [-0.4, -0.2) is 73.7 Å². The lowest BCUT2D eigenvalue weighted by atomic mass is 10.5. The molecule has 0 fully saturated rings. The van der Waals surface area contributed by atoms with Crippen LogP contribution in [0.5, 0.6) is 0 Å². The molecule has 0 aromatic carbocycles. The predicted octanol–water partition coefficient (Wildman–Crippen LogP) is 0.961. The van der Waals surface area contributed by atoms with Crippen molar-refractivity contribution in [3.63, 3.8) is 0 Å². The van der Waals surface area contributed by atoms with E-state index in [-0.39, 0.29) is 11.9 Å². The van der Waals surface area contributed by atoms with Gasteiger partial charge >= 0.3 is 14.9 Å². The van der Waals surface area contributed by atoms with Crippen molar-refractivity contribution in [3.8, 4) is 0 Å². The number of alkyl carbamates (subject to hydrolysis) is 1.